The van der Waals surface area contributed by atoms with E-state index in [9.17, 15) is 9.59 Å². The van der Waals surface area contributed by atoms with E-state index in [2.05, 4.69) is 4.99 Å². The Bertz CT molecular complexity index is 353. The fourth-order valence-electron chi connectivity index (χ4n) is 1.25. The topological polar surface area (TPSA) is 49.7 Å². The Morgan fingerprint density at radius 1 is 1.23 bits per heavy atom. The van der Waals surface area contributed by atoms with Gasteiger partial charge in [-0.3, -0.25) is 14.5 Å². The average molecular weight is 176 g/mol. The van der Waals surface area contributed by atoms with E-state index in [4.69, 9.17) is 0 Å². The van der Waals surface area contributed by atoms with Crippen molar-refractivity contribution in [3.63, 3.8) is 0 Å². The Balaban J connectivity index is 2.40. The number of aliphatic imine (C=N–C) groups is 1. The fraction of sp³-hybridized carbons (Fsp3) is 0.222. The van der Waals surface area contributed by atoms with Crippen LogP contribution in [-0.4, -0.2) is 22.5 Å². The molecule has 2 aliphatic heterocycles. The zero-order valence-corrected chi connectivity index (χ0v) is 6.93. The SMILES string of the molecule is O=C1CCC(=O)N2C=CC=CC2=N1. The van der Waals surface area contributed by atoms with Gasteiger partial charge in [0.05, 0.1) is 0 Å². The zero-order valence-electron chi connectivity index (χ0n) is 6.93. The molecule has 0 atom stereocenters. The smallest absolute Gasteiger partial charge is 0.248 e. The van der Waals surface area contributed by atoms with Crippen molar-refractivity contribution in [1.82, 2.24) is 4.90 Å². The summed E-state index contributed by atoms with van der Waals surface area (Å²) in [5.74, 6) is 0.117. The third-order valence-corrected chi connectivity index (χ3v) is 1.90. The highest BCUT2D eigenvalue weighted by atomic mass is 16.2. The van der Waals surface area contributed by atoms with Crippen molar-refractivity contribution < 1.29 is 9.59 Å². The molecule has 0 bridgehead atoms. The lowest BCUT2D eigenvalue weighted by Gasteiger charge is -2.17. The summed E-state index contributed by atoms with van der Waals surface area (Å²) in [6, 6.07) is 0. The van der Waals surface area contributed by atoms with Crippen molar-refractivity contribution >= 4 is 17.6 Å². The lowest BCUT2D eigenvalue weighted by atomic mass is 10.2. The number of hydrogen-bond acceptors (Lipinski definition) is 2. The van der Waals surface area contributed by atoms with E-state index in [0.29, 0.717) is 5.84 Å². The van der Waals surface area contributed by atoms with Crippen LogP contribution in [0.15, 0.2) is 29.4 Å². The van der Waals surface area contributed by atoms with E-state index in [-0.39, 0.29) is 24.7 Å². The molecular weight excluding hydrogens is 168 g/mol. The normalized spacial score (nSPS) is 21.2. The van der Waals surface area contributed by atoms with E-state index >= 15 is 0 Å². The minimum Gasteiger partial charge on any atom is -0.274 e. The molecule has 0 spiro atoms. The van der Waals surface area contributed by atoms with Gasteiger partial charge in [0, 0.05) is 19.0 Å². The van der Waals surface area contributed by atoms with Gasteiger partial charge >= 0.3 is 0 Å². The molecule has 0 unspecified atom stereocenters. The van der Waals surface area contributed by atoms with Crippen LogP contribution in [0.3, 0.4) is 0 Å². The molecule has 0 aromatic heterocycles. The predicted octanol–water partition coefficient (Wildman–Crippen LogP) is 0.617. The minimum atomic E-state index is -0.231. The van der Waals surface area contributed by atoms with Crippen LogP contribution in [-0.2, 0) is 9.59 Å². The standard InChI is InChI=1S/C9H8N2O2/c12-8-4-5-9(13)11-6-2-1-3-7(11)10-8/h1-3,6H,4-5H2. The molecule has 13 heavy (non-hydrogen) atoms. The highest BCUT2D eigenvalue weighted by molar-refractivity contribution is 6.12. The molecule has 0 aromatic rings. The number of amidine groups is 1. The Kier molecular flexibility index (Phi) is 1.81. The van der Waals surface area contributed by atoms with Crippen molar-refractivity contribution in [2.75, 3.05) is 0 Å². The monoisotopic (exact) mass is 176 g/mol. The first-order valence-electron chi connectivity index (χ1n) is 4.06. The van der Waals surface area contributed by atoms with Crippen LogP contribution in [0.25, 0.3) is 0 Å². The Hall–Kier alpha value is -1.71. The molecule has 0 aromatic carbocycles. The van der Waals surface area contributed by atoms with Gasteiger partial charge in [-0.15, -0.1) is 0 Å². The van der Waals surface area contributed by atoms with Crippen LogP contribution < -0.4 is 0 Å². The van der Waals surface area contributed by atoms with Crippen LogP contribution in [0.1, 0.15) is 12.8 Å². The van der Waals surface area contributed by atoms with Gasteiger partial charge in [0.2, 0.25) is 11.8 Å². The summed E-state index contributed by atoms with van der Waals surface area (Å²) in [4.78, 5) is 27.7. The molecule has 0 radical (unpaired) electrons. The summed E-state index contributed by atoms with van der Waals surface area (Å²) in [5.41, 5.74) is 0. The van der Waals surface area contributed by atoms with Gasteiger partial charge in [-0.1, -0.05) is 6.08 Å². The molecule has 2 aliphatic rings. The third kappa shape index (κ3) is 1.42. The molecular formula is C9H8N2O2. The predicted molar refractivity (Wildman–Crippen MR) is 46.8 cm³/mol. The van der Waals surface area contributed by atoms with Gasteiger partial charge in [0.25, 0.3) is 0 Å². The summed E-state index contributed by atoms with van der Waals surface area (Å²) in [5, 5.41) is 0. The first-order valence-corrected chi connectivity index (χ1v) is 4.06. The Morgan fingerprint density at radius 3 is 2.92 bits per heavy atom. The maximum absolute atomic E-state index is 11.4. The van der Waals surface area contributed by atoms with Crippen LogP contribution in [0.5, 0.6) is 0 Å². The zero-order chi connectivity index (χ0) is 9.26. The van der Waals surface area contributed by atoms with Crippen LogP contribution in [0.2, 0.25) is 0 Å². The van der Waals surface area contributed by atoms with Gasteiger partial charge in [0.15, 0.2) is 0 Å². The number of allylic oxidation sites excluding steroid dienone is 2. The molecule has 4 nitrogen and oxygen atoms in total. The first kappa shape index (κ1) is 7.91. The third-order valence-electron chi connectivity index (χ3n) is 1.90. The van der Waals surface area contributed by atoms with Crippen molar-refractivity contribution in [1.29, 1.82) is 0 Å². The van der Waals surface area contributed by atoms with E-state index in [0.717, 1.165) is 0 Å². The summed E-state index contributed by atoms with van der Waals surface area (Å²) in [7, 11) is 0. The lowest BCUT2D eigenvalue weighted by Crippen LogP contribution is -2.30. The largest absolute Gasteiger partial charge is 0.274 e. The highest BCUT2D eigenvalue weighted by Gasteiger charge is 2.22. The second-order valence-electron chi connectivity index (χ2n) is 2.83. The first-order chi connectivity index (χ1) is 6.27. The van der Waals surface area contributed by atoms with Gasteiger partial charge in [-0.2, -0.15) is 4.99 Å². The van der Waals surface area contributed by atoms with E-state index < -0.39 is 0 Å². The lowest BCUT2D eigenvalue weighted by molar-refractivity contribution is -0.127. The maximum Gasteiger partial charge on any atom is 0.248 e. The van der Waals surface area contributed by atoms with Gasteiger partial charge in [0.1, 0.15) is 5.84 Å². The van der Waals surface area contributed by atoms with Crippen molar-refractivity contribution in [2.45, 2.75) is 12.8 Å². The van der Waals surface area contributed by atoms with Gasteiger partial charge in [-0.05, 0) is 12.2 Å². The number of carbonyl (C=O) groups is 2. The summed E-state index contributed by atoms with van der Waals surface area (Å²) in [6.45, 7) is 0. The van der Waals surface area contributed by atoms with Gasteiger partial charge in [-0.25, -0.2) is 0 Å². The molecule has 2 amide bonds. The number of fused-ring (bicyclic) bond motifs is 1. The molecule has 0 saturated carbocycles. The molecule has 2 rings (SSSR count). The van der Waals surface area contributed by atoms with Crippen molar-refractivity contribution in [3.8, 4) is 0 Å². The summed E-state index contributed by atoms with van der Waals surface area (Å²) >= 11 is 0. The highest BCUT2D eigenvalue weighted by Crippen LogP contribution is 2.11. The van der Waals surface area contributed by atoms with Crippen LogP contribution >= 0.6 is 0 Å². The quantitative estimate of drug-likeness (QED) is 0.543. The van der Waals surface area contributed by atoms with Crippen LogP contribution in [0, 0.1) is 0 Å². The summed E-state index contributed by atoms with van der Waals surface area (Å²) < 4.78 is 0. The second-order valence-corrected chi connectivity index (χ2v) is 2.83. The molecule has 0 fully saturated rings. The minimum absolute atomic E-state index is 0.0785. The van der Waals surface area contributed by atoms with E-state index in [1.807, 2.05) is 0 Å². The van der Waals surface area contributed by atoms with Crippen molar-refractivity contribution in [2.24, 2.45) is 4.99 Å². The van der Waals surface area contributed by atoms with Crippen molar-refractivity contribution in [3.05, 3.63) is 24.4 Å². The molecule has 4 heteroatoms. The Morgan fingerprint density at radius 2 is 2.08 bits per heavy atom. The number of amides is 2. The molecule has 0 N–H and O–H groups in total. The number of nitrogens with zero attached hydrogens (tertiary/aromatic N) is 2. The molecule has 0 saturated heterocycles. The molecule has 0 aliphatic carbocycles. The number of rotatable bonds is 0. The van der Waals surface area contributed by atoms with E-state index in [1.165, 1.54) is 4.90 Å². The second kappa shape index (κ2) is 2.97. The maximum atomic E-state index is 11.4. The van der Waals surface area contributed by atoms with E-state index in [1.54, 1.807) is 24.4 Å². The number of hydrogen-bond donors (Lipinski definition) is 0. The molecule has 66 valence electrons. The van der Waals surface area contributed by atoms with Crippen LogP contribution in [0.4, 0.5) is 0 Å². The summed E-state index contributed by atoms with van der Waals surface area (Å²) in [6.07, 6.45) is 7.22. The number of carbonyl (C=O) groups excluding carboxylic acids is 2. The van der Waals surface area contributed by atoms with Gasteiger partial charge < -0.3 is 0 Å². The fourth-order valence-corrected chi connectivity index (χ4v) is 1.25. The average Bonchev–Trinajstić information content (AvgIpc) is 2.27. The molecule has 2 heterocycles. The Labute approximate surface area is 75.2 Å².